The van der Waals surface area contributed by atoms with Crippen LogP contribution in [0.3, 0.4) is 0 Å². The first-order valence-electron chi connectivity index (χ1n) is 7.92. The van der Waals surface area contributed by atoms with Gasteiger partial charge in [-0.3, -0.25) is 4.79 Å². The Labute approximate surface area is 155 Å². The van der Waals surface area contributed by atoms with E-state index in [2.05, 4.69) is 5.32 Å². The number of likely N-dealkylation sites (N-methyl/N-ethyl adjacent to an activating group) is 1. The lowest BCUT2D eigenvalue weighted by atomic mass is 10.1. The van der Waals surface area contributed by atoms with Gasteiger partial charge in [-0.1, -0.05) is 18.2 Å². The molecule has 0 saturated carbocycles. The van der Waals surface area contributed by atoms with Crippen molar-refractivity contribution in [1.82, 2.24) is 4.31 Å². The van der Waals surface area contributed by atoms with E-state index in [0.29, 0.717) is 16.1 Å². The van der Waals surface area contributed by atoms with Crippen LogP contribution in [0.25, 0.3) is 0 Å². The molecule has 0 aliphatic rings. The van der Waals surface area contributed by atoms with Gasteiger partial charge in [-0.05, 0) is 49.2 Å². The van der Waals surface area contributed by atoms with Gasteiger partial charge in [0.2, 0.25) is 15.9 Å². The van der Waals surface area contributed by atoms with Crippen LogP contribution >= 0.6 is 0 Å². The van der Waals surface area contributed by atoms with E-state index in [1.807, 2.05) is 19.9 Å². The Hall–Kier alpha value is -2.39. The number of nitrogens with zero attached hydrogens (tertiary/aromatic N) is 1. The van der Waals surface area contributed by atoms with Crippen molar-refractivity contribution in [1.29, 1.82) is 0 Å². The molecule has 146 valence electrons. The van der Waals surface area contributed by atoms with Gasteiger partial charge in [-0.25, -0.2) is 8.42 Å². The average molecular weight is 400 g/mol. The lowest BCUT2D eigenvalue weighted by Gasteiger charge is -2.18. The number of amides is 1. The highest BCUT2D eigenvalue weighted by molar-refractivity contribution is 7.89. The van der Waals surface area contributed by atoms with E-state index >= 15 is 0 Å². The quantitative estimate of drug-likeness (QED) is 0.834. The van der Waals surface area contributed by atoms with Gasteiger partial charge in [0.15, 0.2) is 0 Å². The molecule has 1 N–H and O–H groups in total. The fraction of sp³-hybridized carbons (Fsp3) is 0.278. The van der Waals surface area contributed by atoms with E-state index in [1.54, 1.807) is 12.1 Å². The summed E-state index contributed by atoms with van der Waals surface area (Å²) in [6.07, 6.45) is -4.66. The number of carbonyl (C=O) groups excluding carboxylic acids is 1. The normalized spacial score (nSPS) is 12.3. The minimum atomic E-state index is -4.66. The Morgan fingerprint density at radius 2 is 1.74 bits per heavy atom. The second-order valence-electron chi connectivity index (χ2n) is 6.08. The molecule has 2 rings (SSSR count). The number of alkyl halides is 3. The number of sulfonamides is 1. The summed E-state index contributed by atoms with van der Waals surface area (Å²) >= 11 is 0. The summed E-state index contributed by atoms with van der Waals surface area (Å²) in [6, 6.07) is 8.71. The van der Waals surface area contributed by atoms with Crippen molar-refractivity contribution in [2.45, 2.75) is 24.9 Å². The van der Waals surface area contributed by atoms with Crippen LogP contribution in [0.2, 0.25) is 0 Å². The van der Waals surface area contributed by atoms with Gasteiger partial charge in [0, 0.05) is 12.7 Å². The molecule has 27 heavy (non-hydrogen) atoms. The Bertz CT molecular complexity index is 957. The van der Waals surface area contributed by atoms with Crippen molar-refractivity contribution in [2.75, 3.05) is 18.9 Å². The van der Waals surface area contributed by atoms with Gasteiger partial charge in [-0.2, -0.15) is 17.5 Å². The number of rotatable bonds is 5. The molecular formula is C18H19F3N2O3S. The molecule has 0 radical (unpaired) electrons. The lowest BCUT2D eigenvalue weighted by molar-refractivity contribution is -0.137. The molecule has 5 nitrogen and oxygen atoms in total. The van der Waals surface area contributed by atoms with Crippen molar-refractivity contribution >= 4 is 21.6 Å². The summed E-state index contributed by atoms with van der Waals surface area (Å²) in [5, 5.41) is 2.62. The molecule has 2 aromatic rings. The van der Waals surface area contributed by atoms with Crippen molar-refractivity contribution < 1.29 is 26.4 Å². The molecular weight excluding hydrogens is 381 g/mol. The van der Waals surface area contributed by atoms with E-state index < -0.39 is 39.1 Å². The van der Waals surface area contributed by atoms with Crippen LogP contribution in [0.15, 0.2) is 47.4 Å². The number of nitrogens with one attached hydrogen (secondary N) is 1. The maximum Gasteiger partial charge on any atom is 0.416 e. The van der Waals surface area contributed by atoms with Crippen LogP contribution in [0, 0.1) is 13.8 Å². The van der Waals surface area contributed by atoms with Crippen molar-refractivity contribution in [3.63, 3.8) is 0 Å². The van der Waals surface area contributed by atoms with Crippen LogP contribution in [0.1, 0.15) is 16.7 Å². The molecule has 9 heteroatoms. The zero-order valence-corrected chi connectivity index (χ0v) is 15.8. The van der Waals surface area contributed by atoms with Gasteiger partial charge in [0.1, 0.15) is 0 Å². The fourth-order valence-corrected chi connectivity index (χ4v) is 3.55. The second kappa shape index (κ2) is 7.69. The van der Waals surface area contributed by atoms with Crippen LogP contribution in [0.5, 0.6) is 0 Å². The molecule has 0 aliphatic carbocycles. The smallest absolute Gasteiger partial charge is 0.325 e. The number of hydrogen-bond donors (Lipinski definition) is 1. The van der Waals surface area contributed by atoms with E-state index in [9.17, 15) is 26.4 Å². The Morgan fingerprint density at radius 1 is 1.11 bits per heavy atom. The van der Waals surface area contributed by atoms with E-state index in [4.69, 9.17) is 0 Å². The Kier molecular flexibility index (Phi) is 5.96. The predicted molar refractivity (Wildman–Crippen MR) is 95.8 cm³/mol. The molecule has 0 aliphatic heterocycles. The third-order valence-electron chi connectivity index (χ3n) is 4.11. The molecule has 0 saturated heterocycles. The predicted octanol–water partition coefficient (Wildman–Crippen LogP) is 3.58. The van der Waals surface area contributed by atoms with Crippen LogP contribution in [0.4, 0.5) is 18.9 Å². The Morgan fingerprint density at radius 3 is 2.37 bits per heavy atom. The maximum absolute atomic E-state index is 12.8. The Balaban J connectivity index is 2.18. The topological polar surface area (TPSA) is 66.5 Å². The largest absolute Gasteiger partial charge is 0.416 e. The highest BCUT2D eigenvalue weighted by atomic mass is 32.2. The highest BCUT2D eigenvalue weighted by Crippen LogP contribution is 2.31. The van der Waals surface area contributed by atoms with Gasteiger partial charge >= 0.3 is 6.18 Å². The average Bonchev–Trinajstić information content (AvgIpc) is 2.58. The summed E-state index contributed by atoms with van der Waals surface area (Å²) in [6.45, 7) is 3.15. The molecule has 0 aromatic heterocycles. The summed E-state index contributed by atoms with van der Waals surface area (Å²) in [5.74, 6) is -0.596. The SMILES string of the molecule is Cc1cccc(NC(=O)CN(C)S(=O)(=O)c2cccc(C(F)(F)F)c2)c1C. The third-order valence-corrected chi connectivity index (χ3v) is 5.91. The van der Waals surface area contributed by atoms with Crippen molar-refractivity contribution in [3.05, 3.63) is 59.2 Å². The minimum absolute atomic E-state index is 0.528. The monoisotopic (exact) mass is 400 g/mol. The number of anilines is 1. The second-order valence-corrected chi connectivity index (χ2v) is 8.13. The van der Waals surface area contributed by atoms with Crippen LogP contribution < -0.4 is 5.32 Å². The van der Waals surface area contributed by atoms with Gasteiger partial charge in [0.25, 0.3) is 0 Å². The first-order valence-corrected chi connectivity index (χ1v) is 9.36. The molecule has 0 atom stereocenters. The van der Waals surface area contributed by atoms with Crippen LogP contribution in [-0.4, -0.2) is 32.2 Å². The summed E-state index contributed by atoms with van der Waals surface area (Å²) in [4.78, 5) is 11.7. The molecule has 0 fully saturated rings. The molecule has 0 unspecified atom stereocenters. The number of aryl methyl sites for hydroxylation is 1. The minimum Gasteiger partial charge on any atom is -0.325 e. The van der Waals surface area contributed by atoms with Crippen molar-refractivity contribution in [2.24, 2.45) is 0 Å². The van der Waals surface area contributed by atoms with E-state index in [1.165, 1.54) is 0 Å². The zero-order chi connectivity index (χ0) is 20.4. The van der Waals surface area contributed by atoms with Crippen LogP contribution in [-0.2, 0) is 21.0 Å². The molecule has 2 aromatic carbocycles. The first-order chi connectivity index (χ1) is 12.4. The number of benzene rings is 2. The van der Waals surface area contributed by atoms with Crippen molar-refractivity contribution in [3.8, 4) is 0 Å². The molecule has 0 spiro atoms. The first kappa shape index (κ1) is 20.9. The highest BCUT2D eigenvalue weighted by Gasteiger charge is 2.32. The summed E-state index contributed by atoms with van der Waals surface area (Å²) in [7, 11) is -3.12. The molecule has 0 bridgehead atoms. The fourth-order valence-electron chi connectivity index (χ4n) is 2.38. The standard InChI is InChI=1S/C18H19F3N2O3S/c1-12-6-4-9-16(13(12)2)22-17(24)11-23(3)27(25,26)15-8-5-7-14(10-15)18(19,20)21/h4-10H,11H2,1-3H3,(H,22,24). The summed E-state index contributed by atoms with van der Waals surface area (Å²) < 4.78 is 64.1. The number of halogens is 3. The maximum atomic E-state index is 12.8. The molecule has 1 amide bonds. The summed E-state index contributed by atoms with van der Waals surface area (Å²) in [5.41, 5.74) is 1.27. The van der Waals surface area contributed by atoms with Gasteiger partial charge in [0.05, 0.1) is 17.0 Å². The zero-order valence-electron chi connectivity index (χ0n) is 15.0. The number of carbonyl (C=O) groups is 1. The van der Waals surface area contributed by atoms with Gasteiger partial charge in [-0.15, -0.1) is 0 Å². The lowest BCUT2D eigenvalue weighted by Crippen LogP contribution is -2.35. The van der Waals surface area contributed by atoms with E-state index in [-0.39, 0.29) is 0 Å². The third kappa shape index (κ3) is 4.86. The number of hydrogen-bond acceptors (Lipinski definition) is 3. The molecule has 0 heterocycles. The van der Waals surface area contributed by atoms with E-state index in [0.717, 1.165) is 36.4 Å². The van der Waals surface area contributed by atoms with Gasteiger partial charge < -0.3 is 5.32 Å².